The number of aromatic nitrogens is 2. The van der Waals surface area contributed by atoms with Crippen molar-refractivity contribution in [1.82, 2.24) is 10.1 Å². The number of nitrogens with zero attached hydrogens (tertiary/aromatic N) is 2. The van der Waals surface area contributed by atoms with Crippen molar-refractivity contribution >= 4 is 23.0 Å². The first-order valence-corrected chi connectivity index (χ1v) is 9.54. The summed E-state index contributed by atoms with van der Waals surface area (Å²) in [5.41, 5.74) is 6.14. The van der Waals surface area contributed by atoms with E-state index in [9.17, 15) is 9.90 Å². The quantitative estimate of drug-likeness (QED) is 0.521. The third-order valence-electron chi connectivity index (χ3n) is 5.84. The van der Waals surface area contributed by atoms with Gasteiger partial charge in [0.25, 0.3) is 0 Å². The SMILES string of the molecule is CNc1c(C)noc1-c1cnc(-c2ccc(C3(C(=O)O)CC3)cc2)c2c1NCN2. The number of aliphatic carboxylic acids is 1. The highest BCUT2D eigenvalue weighted by Crippen LogP contribution is 2.49. The lowest BCUT2D eigenvalue weighted by Gasteiger charge is -2.13. The van der Waals surface area contributed by atoms with Crippen molar-refractivity contribution < 1.29 is 14.4 Å². The highest BCUT2D eigenvalue weighted by molar-refractivity contribution is 5.97. The molecule has 0 radical (unpaired) electrons. The van der Waals surface area contributed by atoms with Crippen LogP contribution in [0.25, 0.3) is 22.6 Å². The number of anilines is 3. The zero-order chi connectivity index (χ0) is 20.2. The van der Waals surface area contributed by atoms with Gasteiger partial charge in [-0.15, -0.1) is 0 Å². The molecule has 1 fully saturated rings. The second-order valence-electron chi connectivity index (χ2n) is 7.49. The van der Waals surface area contributed by atoms with E-state index >= 15 is 0 Å². The molecule has 0 amide bonds. The molecule has 1 aromatic carbocycles. The molecule has 1 saturated carbocycles. The van der Waals surface area contributed by atoms with Crippen LogP contribution in [0.15, 0.2) is 35.0 Å². The molecule has 0 unspecified atom stereocenters. The molecule has 8 nitrogen and oxygen atoms in total. The van der Waals surface area contributed by atoms with E-state index in [0.717, 1.165) is 45.1 Å². The second-order valence-corrected chi connectivity index (χ2v) is 7.49. The van der Waals surface area contributed by atoms with E-state index in [-0.39, 0.29) is 0 Å². The van der Waals surface area contributed by atoms with Crippen molar-refractivity contribution in [2.45, 2.75) is 25.2 Å². The van der Waals surface area contributed by atoms with E-state index in [1.807, 2.05) is 38.2 Å². The van der Waals surface area contributed by atoms with Crippen LogP contribution in [0, 0.1) is 6.92 Å². The van der Waals surface area contributed by atoms with Crippen molar-refractivity contribution in [1.29, 1.82) is 0 Å². The molecule has 29 heavy (non-hydrogen) atoms. The van der Waals surface area contributed by atoms with Crippen molar-refractivity contribution in [2.75, 3.05) is 29.7 Å². The molecule has 148 valence electrons. The van der Waals surface area contributed by atoms with E-state index in [1.165, 1.54) is 0 Å². The summed E-state index contributed by atoms with van der Waals surface area (Å²) in [7, 11) is 1.84. The van der Waals surface area contributed by atoms with Crippen LogP contribution in [0.3, 0.4) is 0 Å². The van der Waals surface area contributed by atoms with Gasteiger partial charge in [0.1, 0.15) is 11.4 Å². The molecular formula is C21H21N5O3. The summed E-state index contributed by atoms with van der Waals surface area (Å²) in [6.07, 6.45) is 3.17. The van der Waals surface area contributed by atoms with Crippen molar-refractivity contribution in [2.24, 2.45) is 0 Å². The van der Waals surface area contributed by atoms with Gasteiger partial charge in [0.15, 0.2) is 5.76 Å². The van der Waals surface area contributed by atoms with Crippen LogP contribution in [0.4, 0.5) is 17.1 Å². The molecule has 2 aromatic heterocycles. The molecule has 0 atom stereocenters. The Bertz CT molecular complexity index is 1120. The monoisotopic (exact) mass is 391 g/mol. The first-order valence-electron chi connectivity index (χ1n) is 9.54. The number of carboxylic acids is 1. The van der Waals surface area contributed by atoms with E-state index < -0.39 is 11.4 Å². The standard InChI is InChI=1S/C21H21N5O3/c1-11-15(22-2)19(29-26-11)14-9-23-16(18-17(14)24-10-25-18)12-3-5-13(6-4-12)21(7-8-21)20(27)28/h3-6,9,22,24-25H,7-8,10H2,1-2H3,(H,27,28). The molecule has 0 bridgehead atoms. The third kappa shape index (κ3) is 2.55. The fraction of sp³-hybridized carbons (Fsp3) is 0.286. The van der Waals surface area contributed by atoms with Crippen LogP contribution in [0.2, 0.25) is 0 Å². The highest BCUT2D eigenvalue weighted by Gasteiger charge is 2.51. The molecule has 1 aliphatic carbocycles. The van der Waals surface area contributed by atoms with Gasteiger partial charge < -0.3 is 25.6 Å². The number of hydrogen-bond donors (Lipinski definition) is 4. The Kier molecular flexibility index (Phi) is 3.77. The number of pyridine rings is 1. The van der Waals surface area contributed by atoms with E-state index in [1.54, 1.807) is 6.20 Å². The fourth-order valence-electron chi connectivity index (χ4n) is 4.03. The molecule has 5 rings (SSSR count). The molecule has 2 aliphatic rings. The predicted molar refractivity (Wildman–Crippen MR) is 110 cm³/mol. The maximum absolute atomic E-state index is 11.6. The number of aryl methyl sites for hydroxylation is 1. The summed E-state index contributed by atoms with van der Waals surface area (Å²) in [6.45, 7) is 2.47. The normalized spacial score (nSPS) is 15.9. The van der Waals surface area contributed by atoms with Crippen molar-refractivity contribution in [3.8, 4) is 22.6 Å². The van der Waals surface area contributed by atoms with Crippen LogP contribution in [0.5, 0.6) is 0 Å². The lowest BCUT2D eigenvalue weighted by Crippen LogP contribution is -2.19. The molecule has 0 saturated heterocycles. The van der Waals surface area contributed by atoms with Gasteiger partial charge in [-0.3, -0.25) is 9.78 Å². The lowest BCUT2D eigenvalue weighted by atomic mass is 9.94. The summed E-state index contributed by atoms with van der Waals surface area (Å²) >= 11 is 0. The van der Waals surface area contributed by atoms with Gasteiger partial charge >= 0.3 is 5.97 Å². The van der Waals surface area contributed by atoms with Crippen LogP contribution in [-0.4, -0.2) is 34.9 Å². The Labute approximate surface area is 167 Å². The van der Waals surface area contributed by atoms with Crippen LogP contribution >= 0.6 is 0 Å². The van der Waals surface area contributed by atoms with Gasteiger partial charge in [-0.2, -0.15) is 0 Å². The number of carbonyl (C=O) groups is 1. The zero-order valence-corrected chi connectivity index (χ0v) is 16.2. The first-order chi connectivity index (χ1) is 14.0. The Morgan fingerprint density at radius 1 is 1.21 bits per heavy atom. The minimum atomic E-state index is -0.748. The van der Waals surface area contributed by atoms with Gasteiger partial charge in [0, 0.05) is 18.8 Å². The van der Waals surface area contributed by atoms with E-state index in [0.29, 0.717) is 25.3 Å². The van der Waals surface area contributed by atoms with Crippen LogP contribution < -0.4 is 16.0 Å². The molecule has 4 N–H and O–H groups in total. The maximum Gasteiger partial charge on any atom is 0.314 e. The number of benzene rings is 1. The number of fused-ring (bicyclic) bond motifs is 1. The smallest absolute Gasteiger partial charge is 0.314 e. The highest BCUT2D eigenvalue weighted by atomic mass is 16.5. The summed E-state index contributed by atoms with van der Waals surface area (Å²) in [5.74, 6) is -0.105. The molecule has 0 spiro atoms. The average Bonchev–Trinajstić information content (AvgIpc) is 3.25. The average molecular weight is 391 g/mol. The number of rotatable bonds is 5. The van der Waals surface area contributed by atoms with Gasteiger partial charge in [-0.1, -0.05) is 29.4 Å². The molecular weight excluding hydrogens is 370 g/mol. The molecule has 3 aromatic rings. The third-order valence-corrected chi connectivity index (χ3v) is 5.84. The predicted octanol–water partition coefficient (Wildman–Crippen LogP) is 3.66. The van der Waals surface area contributed by atoms with Gasteiger partial charge in [-0.25, -0.2) is 0 Å². The Morgan fingerprint density at radius 3 is 2.59 bits per heavy atom. The Morgan fingerprint density at radius 2 is 1.93 bits per heavy atom. The summed E-state index contributed by atoms with van der Waals surface area (Å²) in [5, 5.41) is 23.4. The molecule has 3 heterocycles. The minimum Gasteiger partial charge on any atom is -0.481 e. The Balaban J connectivity index is 1.56. The largest absolute Gasteiger partial charge is 0.481 e. The van der Waals surface area contributed by atoms with E-state index in [4.69, 9.17) is 4.52 Å². The van der Waals surface area contributed by atoms with Gasteiger partial charge in [0.2, 0.25) is 0 Å². The van der Waals surface area contributed by atoms with Crippen LogP contribution in [0.1, 0.15) is 24.1 Å². The maximum atomic E-state index is 11.6. The van der Waals surface area contributed by atoms with Gasteiger partial charge in [-0.05, 0) is 25.3 Å². The number of nitrogens with one attached hydrogen (secondary N) is 3. The number of carboxylic acid groups (broad SMARTS) is 1. The zero-order valence-electron chi connectivity index (χ0n) is 16.2. The van der Waals surface area contributed by atoms with Crippen molar-refractivity contribution in [3.05, 3.63) is 41.7 Å². The fourth-order valence-corrected chi connectivity index (χ4v) is 4.03. The summed E-state index contributed by atoms with van der Waals surface area (Å²) in [6, 6.07) is 7.69. The summed E-state index contributed by atoms with van der Waals surface area (Å²) < 4.78 is 5.55. The van der Waals surface area contributed by atoms with E-state index in [2.05, 4.69) is 26.1 Å². The molecule has 1 aliphatic heterocycles. The van der Waals surface area contributed by atoms with Gasteiger partial charge in [0.05, 0.1) is 34.7 Å². The minimum absolute atomic E-state index is 0.587. The topological polar surface area (TPSA) is 112 Å². The summed E-state index contributed by atoms with van der Waals surface area (Å²) in [4.78, 5) is 16.3. The molecule has 8 heteroatoms. The number of hydrogen-bond acceptors (Lipinski definition) is 7. The van der Waals surface area contributed by atoms with Crippen molar-refractivity contribution in [3.63, 3.8) is 0 Å². The lowest BCUT2D eigenvalue weighted by molar-refractivity contribution is -0.140. The second kappa shape index (κ2) is 6.23. The Hall–Kier alpha value is -3.55. The van der Waals surface area contributed by atoms with Crippen LogP contribution in [-0.2, 0) is 10.2 Å². The first kappa shape index (κ1) is 17.5.